The zero-order chi connectivity index (χ0) is 18.4. The Morgan fingerprint density at radius 1 is 1.24 bits per heavy atom. The van der Waals surface area contributed by atoms with Crippen molar-refractivity contribution in [1.82, 2.24) is 0 Å². The molecule has 0 saturated heterocycles. The van der Waals surface area contributed by atoms with Crippen molar-refractivity contribution >= 4 is 5.97 Å². The van der Waals surface area contributed by atoms with Gasteiger partial charge in [0.05, 0.1) is 12.0 Å². The summed E-state index contributed by atoms with van der Waals surface area (Å²) in [6, 6.07) is 0.00977. The fourth-order valence-corrected chi connectivity index (χ4v) is 3.52. The van der Waals surface area contributed by atoms with E-state index in [9.17, 15) is 4.79 Å². The van der Waals surface area contributed by atoms with E-state index in [1.165, 1.54) is 11.1 Å². The first-order valence-corrected chi connectivity index (χ1v) is 9.60. The van der Waals surface area contributed by atoms with Gasteiger partial charge in [-0.2, -0.15) is 0 Å². The molecule has 0 fully saturated rings. The molecule has 3 heteroatoms. The van der Waals surface area contributed by atoms with E-state index in [0.29, 0.717) is 18.3 Å². The Hall–Kier alpha value is -1.61. The van der Waals surface area contributed by atoms with Gasteiger partial charge in [-0.3, -0.25) is 4.79 Å². The average Bonchev–Trinajstić information content (AvgIpc) is 2.56. The minimum Gasteiger partial charge on any atom is -0.463 e. The highest BCUT2D eigenvalue weighted by molar-refractivity contribution is 5.72. The van der Waals surface area contributed by atoms with Crippen LogP contribution in [0.5, 0.6) is 0 Å². The predicted molar refractivity (Wildman–Crippen MR) is 104 cm³/mol. The monoisotopic (exact) mass is 343 g/mol. The molecule has 25 heavy (non-hydrogen) atoms. The highest BCUT2D eigenvalue weighted by atomic mass is 16.5. The topological polar surface area (TPSA) is 52.3 Å². The maximum absolute atomic E-state index is 11.9. The Bertz CT molecular complexity index is 583. The van der Waals surface area contributed by atoms with Crippen molar-refractivity contribution in [3.63, 3.8) is 0 Å². The smallest absolute Gasteiger partial charge is 0.308 e. The Morgan fingerprint density at radius 2 is 2.00 bits per heavy atom. The molecule has 0 saturated carbocycles. The molecule has 0 heterocycles. The van der Waals surface area contributed by atoms with Gasteiger partial charge in [-0.05, 0) is 62.5 Å². The van der Waals surface area contributed by atoms with Crippen LogP contribution in [0.15, 0.2) is 47.6 Å². The molecule has 138 valence electrons. The van der Waals surface area contributed by atoms with Crippen LogP contribution in [-0.2, 0) is 9.53 Å². The molecule has 0 aliphatic heterocycles. The van der Waals surface area contributed by atoms with E-state index in [4.69, 9.17) is 10.5 Å². The van der Waals surface area contributed by atoms with Gasteiger partial charge in [0.2, 0.25) is 0 Å². The van der Waals surface area contributed by atoms with Crippen molar-refractivity contribution in [2.24, 2.45) is 23.5 Å². The maximum atomic E-state index is 11.9. The van der Waals surface area contributed by atoms with Gasteiger partial charge in [0.15, 0.2) is 0 Å². The summed E-state index contributed by atoms with van der Waals surface area (Å²) in [6.07, 6.45) is 17.4. The summed E-state index contributed by atoms with van der Waals surface area (Å²) in [4.78, 5) is 11.9. The zero-order valence-electron chi connectivity index (χ0n) is 16.1. The highest BCUT2D eigenvalue weighted by Crippen LogP contribution is 2.31. The van der Waals surface area contributed by atoms with Crippen molar-refractivity contribution in [1.29, 1.82) is 0 Å². The summed E-state index contributed by atoms with van der Waals surface area (Å²) in [7, 11) is 0. The molecule has 0 aromatic heterocycles. The molecule has 0 aromatic carbocycles. The van der Waals surface area contributed by atoms with Gasteiger partial charge in [0.25, 0.3) is 0 Å². The lowest BCUT2D eigenvalue weighted by Gasteiger charge is -2.27. The number of allylic oxidation sites excluding steroid dienone is 8. The molecule has 4 atom stereocenters. The SMILES string of the molecule is CC(C)OC(=O)C(C)C[C@H](N)CC1C=CC(C2=CCCC=C2)=CC1C. The second kappa shape index (κ2) is 9.19. The van der Waals surface area contributed by atoms with Gasteiger partial charge < -0.3 is 10.5 Å². The van der Waals surface area contributed by atoms with Gasteiger partial charge >= 0.3 is 5.97 Å². The first-order chi connectivity index (χ1) is 11.9. The van der Waals surface area contributed by atoms with E-state index in [-0.39, 0.29) is 24.0 Å². The molecule has 0 bridgehead atoms. The highest BCUT2D eigenvalue weighted by Gasteiger charge is 2.24. The number of esters is 1. The summed E-state index contributed by atoms with van der Waals surface area (Å²) in [6.45, 7) is 7.91. The minimum absolute atomic E-state index is 0.00977. The molecule has 0 spiro atoms. The van der Waals surface area contributed by atoms with Crippen LogP contribution in [0.4, 0.5) is 0 Å². The summed E-state index contributed by atoms with van der Waals surface area (Å²) in [5, 5.41) is 0. The summed E-state index contributed by atoms with van der Waals surface area (Å²) in [5.41, 5.74) is 8.99. The van der Waals surface area contributed by atoms with Gasteiger partial charge in [-0.15, -0.1) is 0 Å². The van der Waals surface area contributed by atoms with Crippen molar-refractivity contribution in [3.8, 4) is 0 Å². The lowest BCUT2D eigenvalue weighted by Crippen LogP contribution is -2.31. The average molecular weight is 344 g/mol. The fourth-order valence-electron chi connectivity index (χ4n) is 3.52. The Balaban J connectivity index is 1.86. The number of hydrogen-bond acceptors (Lipinski definition) is 3. The minimum atomic E-state index is -0.149. The molecule has 0 amide bonds. The maximum Gasteiger partial charge on any atom is 0.308 e. The zero-order valence-corrected chi connectivity index (χ0v) is 16.1. The number of ether oxygens (including phenoxy) is 1. The molecule has 2 aliphatic rings. The van der Waals surface area contributed by atoms with E-state index in [0.717, 1.165) is 19.3 Å². The Labute approximate surface area is 152 Å². The lowest BCUT2D eigenvalue weighted by atomic mass is 9.80. The normalized spacial score (nSPS) is 25.4. The van der Waals surface area contributed by atoms with Crippen LogP contribution in [-0.4, -0.2) is 18.1 Å². The van der Waals surface area contributed by atoms with Crippen LogP contribution in [0, 0.1) is 17.8 Å². The second-order valence-corrected chi connectivity index (χ2v) is 7.76. The predicted octanol–water partition coefficient (Wildman–Crippen LogP) is 4.71. The Kier molecular flexibility index (Phi) is 7.24. The molecule has 0 radical (unpaired) electrons. The number of hydrogen-bond donors (Lipinski definition) is 1. The summed E-state index contributed by atoms with van der Waals surface area (Å²) < 4.78 is 5.27. The number of carbonyl (C=O) groups is 1. The summed E-state index contributed by atoms with van der Waals surface area (Å²) in [5.74, 6) is 0.597. The third kappa shape index (κ3) is 6.00. The third-order valence-corrected chi connectivity index (χ3v) is 4.95. The van der Waals surface area contributed by atoms with Crippen molar-refractivity contribution in [3.05, 3.63) is 47.6 Å². The molecule has 2 aliphatic carbocycles. The van der Waals surface area contributed by atoms with E-state index in [1.807, 2.05) is 20.8 Å². The number of nitrogens with two attached hydrogens (primary N) is 1. The van der Waals surface area contributed by atoms with E-state index < -0.39 is 0 Å². The third-order valence-electron chi connectivity index (χ3n) is 4.95. The van der Waals surface area contributed by atoms with Crippen LogP contribution in [0.1, 0.15) is 53.4 Å². The van der Waals surface area contributed by atoms with E-state index in [2.05, 4.69) is 43.4 Å². The molecule has 2 N–H and O–H groups in total. The van der Waals surface area contributed by atoms with Crippen LogP contribution in [0.2, 0.25) is 0 Å². The second-order valence-electron chi connectivity index (χ2n) is 7.76. The van der Waals surface area contributed by atoms with Crippen molar-refractivity contribution in [2.45, 2.75) is 65.5 Å². The van der Waals surface area contributed by atoms with Gasteiger partial charge in [-0.1, -0.05) is 50.3 Å². The molecular weight excluding hydrogens is 310 g/mol. The van der Waals surface area contributed by atoms with Gasteiger partial charge in [-0.25, -0.2) is 0 Å². The standard InChI is InChI=1S/C22H33NO2/c1-15(2)25-22(24)17(4)13-21(23)14-19-10-11-20(12-16(19)3)18-8-6-5-7-9-18/h6,8-12,15-17,19,21H,5,7,13-14,23H2,1-4H3/t16?,17?,19?,21-/m0/s1. The first-order valence-electron chi connectivity index (χ1n) is 9.60. The summed E-state index contributed by atoms with van der Waals surface area (Å²) >= 11 is 0. The molecule has 3 unspecified atom stereocenters. The lowest BCUT2D eigenvalue weighted by molar-refractivity contribution is -0.152. The van der Waals surface area contributed by atoms with E-state index in [1.54, 1.807) is 0 Å². The molecule has 3 nitrogen and oxygen atoms in total. The van der Waals surface area contributed by atoms with Crippen LogP contribution in [0.25, 0.3) is 0 Å². The number of carbonyl (C=O) groups excluding carboxylic acids is 1. The number of rotatable bonds is 7. The van der Waals surface area contributed by atoms with Crippen LogP contribution >= 0.6 is 0 Å². The molecular formula is C22H33NO2. The van der Waals surface area contributed by atoms with Crippen LogP contribution in [0.3, 0.4) is 0 Å². The van der Waals surface area contributed by atoms with Gasteiger partial charge in [0.1, 0.15) is 0 Å². The quantitative estimate of drug-likeness (QED) is 0.681. The van der Waals surface area contributed by atoms with Crippen LogP contribution < -0.4 is 5.73 Å². The van der Waals surface area contributed by atoms with Crippen molar-refractivity contribution in [2.75, 3.05) is 0 Å². The molecule has 2 rings (SSSR count). The fraction of sp³-hybridized carbons (Fsp3) is 0.591. The Morgan fingerprint density at radius 3 is 2.60 bits per heavy atom. The largest absolute Gasteiger partial charge is 0.463 e. The first kappa shape index (κ1) is 19.7. The van der Waals surface area contributed by atoms with Gasteiger partial charge in [0, 0.05) is 6.04 Å². The van der Waals surface area contributed by atoms with E-state index >= 15 is 0 Å². The van der Waals surface area contributed by atoms with Crippen molar-refractivity contribution < 1.29 is 9.53 Å². The molecule has 0 aromatic rings.